The van der Waals surface area contributed by atoms with Crippen molar-refractivity contribution in [2.75, 3.05) is 7.11 Å². The Morgan fingerprint density at radius 1 is 0.955 bits per heavy atom. The molecule has 0 heterocycles. The Bertz CT molecular complexity index is 590. The molecule has 0 unspecified atom stereocenters. The molecule has 0 N–H and O–H groups in total. The largest absolute Gasteiger partial charge is 0.552 e. The second kappa shape index (κ2) is 6.07. The quantitative estimate of drug-likeness (QED) is 0.631. The molecule has 0 saturated heterocycles. The lowest BCUT2D eigenvalue weighted by Gasteiger charge is -2.33. The maximum Gasteiger partial charge on any atom is 0.204 e. The molecule has 0 atom stereocenters. The maximum atomic E-state index is 12.3. The number of ether oxygens (including phenoxy) is 1. The third kappa shape index (κ3) is 3.22. The smallest absolute Gasteiger partial charge is 0.204 e. The van der Waals surface area contributed by atoms with E-state index in [1.54, 1.807) is 14.0 Å². The van der Waals surface area contributed by atoms with Crippen LogP contribution in [0.5, 0.6) is 11.5 Å². The number of methoxy groups -OCH3 is 1. The van der Waals surface area contributed by atoms with Gasteiger partial charge >= 0.3 is 0 Å². The number of rotatable bonds is 3. The van der Waals surface area contributed by atoms with Crippen LogP contribution in [0, 0.1) is 6.92 Å². The van der Waals surface area contributed by atoms with Crippen LogP contribution >= 0.6 is 0 Å². The molecule has 0 aliphatic rings. The van der Waals surface area contributed by atoms with Crippen molar-refractivity contribution < 1.29 is 14.0 Å². The van der Waals surface area contributed by atoms with Gasteiger partial charge in [-0.3, -0.25) is 4.79 Å². The Labute approximate surface area is 137 Å². The van der Waals surface area contributed by atoms with Gasteiger partial charge in [-0.25, -0.2) is 0 Å². The zero-order valence-electron chi connectivity index (χ0n) is 15.7. The van der Waals surface area contributed by atoms with Crippen molar-refractivity contribution in [1.29, 1.82) is 0 Å². The third-order valence-electron chi connectivity index (χ3n) is 3.92. The number of carbonyl (C=O) groups is 1. The van der Waals surface area contributed by atoms with Crippen molar-refractivity contribution in [3.63, 3.8) is 0 Å². The fraction of sp³-hybridized carbons (Fsp3) is 0.611. The maximum absolute atomic E-state index is 12.3. The molecule has 0 spiro atoms. The number of benzene rings is 1. The summed E-state index contributed by atoms with van der Waals surface area (Å²) in [6.45, 7) is 16.4. The monoisotopic (exact) mass is 322 g/mol. The van der Waals surface area contributed by atoms with E-state index in [0.29, 0.717) is 21.8 Å². The fourth-order valence-corrected chi connectivity index (χ4v) is 3.64. The Morgan fingerprint density at radius 2 is 1.41 bits per heavy atom. The van der Waals surface area contributed by atoms with Gasteiger partial charge in [-0.2, -0.15) is 0 Å². The van der Waals surface area contributed by atoms with Gasteiger partial charge in [0.2, 0.25) is 10.5 Å². The SMILES string of the molecule is COc1c(C(C)(C)C)c(C)c(C(C)=O)c(O[SiH3])c1C(C)(C)C. The van der Waals surface area contributed by atoms with Crippen LogP contribution in [0.15, 0.2) is 0 Å². The molecule has 0 fully saturated rings. The minimum Gasteiger partial charge on any atom is -0.552 e. The highest BCUT2D eigenvalue weighted by Crippen LogP contribution is 2.48. The highest BCUT2D eigenvalue weighted by molar-refractivity contribution is 6.05. The first kappa shape index (κ1) is 18.8. The van der Waals surface area contributed by atoms with E-state index < -0.39 is 0 Å². The van der Waals surface area contributed by atoms with E-state index in [9.17, 15) is 4.79 Å². The summed E-state index contributed by atoms with van der Waals surface area (Å²) in [6, 6.07) is 0. The Morgan fingerprint density at radius 3 is 1.68 bits per heavy atom. The summed E-state index contributed by atoms with van der Waals surface area (Å²) in [5.41, 5.74) is 3.45. The molecule has 0 aliphatic heterocycles. The number of carbonyl (C=O) groups excluding carboxylic acids is 1. The van der Waals surface area contributed by atoms with E-state index in [1.165, 1.54) is 0 Å². The zero-order chi connectivity index (χ0) is 17.5. The van der Waals surface area contributed by atoms with Crippen molar-refractivity contribution in [1.82, 2.24) is 0 Å². The van der Waals surface area contributed by atoms with Crippen molar-refractivity contribution in [3.8, 4) is 11.5 Å². The van der Waals surface area contributed by atoms with Crippen LogP contribution in [0.3, 0.4) is 0 Å². The van der Waals surface area contributed by atoms with Crippen LogP contribution in [0.4, 0.5) is 0 Å². The van der Waals surface area contributed by atoms with Crippen molar-refractivity contribution >= 4 is 16.3 Å². The molecule has 0 saturated carbocycles. The van der Waals surface area contributed by atoms with Crippen LogP contribution in [0.25, 0.3) is 0 Å². The van der Waals surface area contributed by atoms with Crippen LogP contribution in [0.2, 0.25) is 0 Å². The van der Waals surface area contributed by atoms with Crippen molar-refractivity contribution in [2.24, 2.45) is 0 Å². The van der Waals surface area contributed by atoms with E-state index in [-0.39, 0.29) is 16.6 Å². The molecule has 0 radical (unpaired) electrons. The summed E-state index contributed by atoms with van der Waals surface area (Å²) in [5, 5.41) is 0. The van der Waals surface area contributed by atoms with Gasteiger partial charge in [0.1, 0.15) is 11.5 Å². The Balaban J connectivity index is 4.14. The normalized spacial score (nSPS) is 12.4. The Hall–Kier alpha value is -1.29. The number of ketones is 1. The highest BCUT2D eigenvalue weighted by atomic mass is 28.2. The first-order valence-electron chi connectivity index (χ1n) is 7.68. The predicted octanol–water partition coefficient (Wildman–Crippen LogP) is 3.46. The number of hydrogen-bond acceptors (Lipinski definition) is 3. The highest BCUT2D eigenvalue weighted by Gasteiger charge is 2.35. The van der Waals surface area contributed by atoms with Gasteiger partial charge < -0.3 is 9.16 Å². The molecule has 0 amide bonds. The summed E-state index contributed by atoms with van der Waals surface area (Å²) < 4.78 is 11.6. The zero-order valence-corrected chi connectivity index (χ0v) is 17.7. The lowest BCUT2D eigenvalue weighted by Crippen LogP contribution is -2.24. The predicted molar refractivity (Wildman–Crippen MR) is 95.7 cm³/mol. The van der Waals surface area contributed by atoms with E-state index >= 15 is 0 Å². The van der Waals surface area contributed by atoms with Crippen LogP contribution in [-0.4, -0.2) is 23.4 Å². The van der Waals surface area contributed by atoms with Gasteiger partial charge in [-0.15, -0.1) is 0 Å². The van der Waals surface area contributed by atoms with Crippen LogP contribution in [-0.2, 0) is 10.8 Å². The standard InChI is InChI=1S/C18H30O3Si/c1-10-12(11(2)19)15(21-22)14(18(6,7)8)16(20-9)13(10)17(3,4)5/h1-9,22H3. The lowest BCUT2D eigenvalue weighted by atomic mass is 9.75. The van der Waals surface area contributed by atoms with E-state index in [4.69, 9.17) is 9.16 Å². The minimum atomic E-state index is -0.178. The molecule has 0 bridgehead atoms. The van der Waals surface area contributed by atoms with Crippen LogP contribution in [0.1, 0.15) is 75.5 Å². The summed E-state index contributed by atoms with van der Waals surface area (Å²) in [5.74, 6) is 1.60. The summed E-state index contributed by atoms with van der Waals surface area (Å²) in [4.78, 5) is 12.3. The molecular weight excluding hydrogens is 292 g/mol. The summed E-state index contributed by atoms with van der Waals surface area (Å²) in [7, 11) is 2.23. The second-order valence-corrected chi connectivity index (χ2v) is 8.28. The van der Waals surface area contributed by atoms with Gasteiger partial charge in [0, 0.05) is 11.1 Å². The van der Waals surface area contributed by atoms with Gasteiger partial charge in [-0.1, -0.05) is 41.5 Å². The average molecular weight is 323 g/mol. The summed E-state index contributed by atoms with van der Waals surface area (Å²) in [6.07, 6.45) is 0. The van der Waals surface area contributed by atoms with Gasteiger partial charge in [0.05, 0.1) is 12.7 Å². The third-order valence-corrected chi connectivity index (χ3v) is 4.33. The van der Waals surface area contributed by atoms with Crippen LogP contribution < -0.4 is 9.16 Å². The lowest BCUT2D eigenvalue weighted by molar-refractivity contribution is 0.101. The van der Waals surface area contributed by atoms with Gasteiger partial charge in [0.25, 0.3) is 0 Å². The van der Waals surface area contributed by atoms with E-state index in [1.807, 2.05) is 6.92 Å². The molecule has 1 rings (SSSR count). The fourth-order valence-electron chi connectivity index (χ4n) is 3.24. The van der Waals surface area contributed by atoms with Gasteiger partial charge in [0.15, 0.2) is 5.78 Å². The van der Waals surface area contributed by atoms with Gasteiger partial charge in [-0.05, 0) is 30.2 Å². The molecule has 124 valence electrons. The number of hydrogen-bond donors (Lipinski definition) is 0. The molecule has 0 aliphatic carbocycles. The second-order valence-electron chi connectivity index (χ2n) is 7.87. The van der Waals surface area contributed by atoms with E-state index in [2.05, 4.69) is 41.5 Å². The topological polar surface area (TPSA) is 35.5 Å². The first-order chi connectivity index (χ1) is 9.87. The first-order valence-corrected chi connectivity index (χ1v) is 8.50. The Kier molecular flexibility index (Phi) is 5.17. The van der Waals surface area contributed by atoms with E-state index in [0.717, 1.165) is 22.4 Å². The molecule has 1 aromatic rings. The molecule has 22 heavy (non-hydrogen) atoms. The molecule has 0 aromatic heterocycles. The minimum absolute atomic E-state index is 0.0435. The number of Topliss-reactive ketones (excluding diaryl/α,β-unsaturated/α-hetero) is 1. The van der Waals surface area contributed by atoms with Crippen molar-refractivity contribution in [3.05, 3.63) is 22.3 Å². The summed E-state index contributed by atoms with van der Waals surface area (Å²) >= 11 is 0. The molecular formula is C18H30O3Si. The van der Waals surface area contributed by atoms with Crippen molar-refractivity contribution in [2.45, 2.75) is 66.2 Å². The molecule has 4 heteroatoms. The molecule has 3 nitrogen and oxygen atoms in total. The average Bonchev–Trinajstić information content (AvgIpc) is 2.32. The molecule has 1 aromatic carbocycles.